The number of rotatable bonds is 4. The van der Waals surface area contributed by atoms with E-state index in [0.29, 0.717) is 23.4 Å². The van der Waals surface area contributed by atoms with E-state index in [1.165, 1.54) is 15.0 Å². The molecule has 5 rings (SSSR count). The lowest BCUT2D eigenvalue weighted by Crippen LogP contribution is -2.39. The lowest BCUT2D eigenvalue weighted by molar-refractivity contribution is 0.414. The van der Waals surface area contributed by atoms with Gasteiger partial charge in [-0.05, 0) is 68.0 Å². The molecule has 6 heteroatoms. The Morgan fingerprint density at radius 2 is 1.68 bits per heavy atom. The Morgan fingerprint density at radius 1 is 0.968 bits per heavy atom. The minimum Gasteiger partial charge on any atom is -0.497 e. The molecular weight excluding hydrogens is 408 g/mol. The van der Waals surface area contributed by atoms with E-state index in [1.54, 1.807) is 47.3 Å². The van der Waals surface area contributed by atoms with Gasteiger partial charge in [0.2, 0.25) is 0 Å². The first kappa shape index (κ1) is 19.8. The topological polar surface area (TPSA) is 53.2 Å². The predicted molar refractivity (Wildman–Crippen MR) is 125 cm³/mol. The molecule has 0 aliphatic heterocycles. The molecule has 2 aromatic carbocycles. The van der Waals surface area contributed by atoms with Crippen LogP contribution in [0, 0.1) is 6.92 Å². The Kier molecular flexibility index (Phi) is 5.02. The van der Waals surface area contributed by atoms with Crippen molar-refractivity contribution in [3.63, 3.8) is 0 Å². The van der Waals surface area contributed by atoms with Crippen LogP contribution < -0.4 is 16.0 Å². The second kappa shape index (κ2) is 7.85. The van der Waals surface area contributed by atoms with Crippen molar-refractivity contribution in [2.24, 2.45) is 0 Å². The number of hydrogen-bond donors (Lipinski definition) is 0. The number of benzene rings is 2. The normalized spacial score (nSPS) is 13.4. The standard InChI is InChI=1S/C25H24N2O3S/c1-16-7-9-17(10-8-16)15-26-24-22(20-5-3-4-6-21(20)31-24)23(28)27(25(26)29)18-11-13-19(30-2)14-12-18/h7-14H,3-6,15H2,1-2H3. The van der Waals surface area contributed by atoms with E-state index in [9.17, 15) is 9.59 Å². The lowest BCUT2D eigenvalue weighted by atomic mass is 9.97. The first-order valence-corrected chi connectivity index (χ1v) is 11.4. The fourth-order valence-corrected chi connectivity index (χ4v) is 5.72. The minimum absolute atomic E-state index is 0.218. The molecule has 0 atom stereocenters. The zero-order chi connectivity index (χ0) is 21.5. The van der Waals surface area contributed by atoms with E-state index in [1.807, 2.05) is 19.1 Å². The van der Waals surface area contributed by atoms with E-state index in [4.69, 9.17) is 4.74 Å². The van der Waals surface area contributed by atoms with Crippen molar-refractivity contribution in [3.05, 3.63) is 90.9 Å². The van der Waals surface area contributed by atoms with Crippen molar-refractivity contribution in [1.29, 1.82) is 0 Å². The van der Waals surface area contributed by atoms with Crippen molar-refractivity contribution in [2.75, 3.05) is 7.11 Å². The van der Waals surface area contributed by atoms with E-state index in [2.05, 4.69) is 12.1 Å². The fourth-order valence-electron chi connectivity index (χ4n) is 4.34. The van der Waals surface area contributed by atoms with Gasteiger partial charge in [-0.1, -0.05) is 29.8 Å². The quantitative estimate of drug-likeness (QED) is 0.479. The molecular formula is C25H24N2O3S. The molecule has 158 valence electrons. The van der Waals surface area contributed by atoms with Gasteiger partial charge in [-0.15, -0.1) is 11.3 Å². The van der Waals surface area contributed by atoms with Crippen LogP contribution in [-0.4, -0.2) is 16.2 Å². The molecule has 1 aliphatic rings. The molecule has 0 amide bonds. The van der Waals surface area contributed by atoms with Gasteiger partial charge in [-0.3, -0.25) is 9.36 Å². The summed E-state index contributed by atoms with van der Waals surface area (Å²) in [5.74, 6) is 0.686. The van der Waals surface area contributed by atoms with Gasteiger partial charge in [-0.25, -0.2) is 9.36 Å². The summed E-state index contributed by atoms with van der Waals surface area (Å²) in [6.07, 6.45) is 4.10. The first-order valence-electron chi connectivity index (χ1n) is 10.6. The molecule has 2 aromatic heterocycles. The average molecular weight is 433 g/mol. The van der Waals surface area contributed by atoms with Crippen molar-refractivity contribution in [3.8, 4) is 11.4 Å². The third kappa shape index (κ3) is 3.41. The molecule has 0 unspecified atom stereocenters. The van der Waals surface area contributed by atoms with Gasteiger partial charge in [0.05, 0.1) is 24.7 Å². The number of nitrogens with zero attached hydrogens (tertiary/aromatic N) is 2. The van der Waals surface area contributed by atoms with Gasteiger partial charge in [0.1, 0.15) is 10.6 Å². The number of methoxy groups -OCH3 is 1. The van der Waals surface area contributed by atoms with Crippen LogP contribution in [0.5, 0.6) is 5.75 Å². The predicted octanol–water partition coefficient (Wildman–Crippen LogP) is 4.46. The number of hydrogen-bond acceptors (Lipinski definition) is 4. The number of aryl methyl sites for hydroxylation is 3. The number of ether oxygens (including phenoxy) is 1. The Balaban J connectivity index is 1.79. The van der Waals surface area contributed by atoms with Crippen molar-refractivity contribution < 1.29 is 4.74 Å². The van der Waals surface area contributed by atoms with E-state index in [0.717, 1.165) is 41.6 Å². The zero-order valence-corrected chi connectivity index (χ0v) is 18.5. The highest BCUT2D eigenvalue weighted by Crippen LogP contribution is 2.34. The zero-order valence-electron chi connectivity index (χ0n) is 17.7. The molecule has 0 radical (unpaired) electrons. The van der Waals surface area contributed by atoms with Gasteiger partial charge in [0.15, 0.2) is 0 Å². The molecule has 0 saturated carbocycles. The number of thiophene rings is 1. The number of fused-ring (bicyclic) bond motifs is 3. The van der Waals surface area contributed by atoms with Crippen LogP contribution in [0.2, 0.25) is 0 Å². The molecule has 2 heterocycles. The van der Waals surface area contributed by atoms with Gasteiger partial charge in [0, 0.05) is 4.88 Å². The molecule has 0 fully saturated rings. The maximum atomic E-state index is 13.6. The second-order valence-electron chi connectivity index (χ2n) is 8.08. The van der Waals surface area contributed by atoms with Gasteiger partial charge in [-0.2, -0.15) is 0 Å². The summed E-state index contributed by atoms with van der Waals surface area (Å²) in [7, 11) is 1.60. The fraction of sp³-hybridized carbons (Fsp3) is 0.280. The minimum atomic E-state index is -0.304. The highest BCUT2D eigenvalue weighted by molar-refractivity contribution is 7.18. The van der Waals surface area contributed by atoms with Crippen LogP contribution in [0.4, 0.5) is 0 Å². The highest BCUT2D eigenvalue weighted by atomic mass is 32.1. The monoisotopic (exact) mass is 432 g/mol. The van der Waals surface area contributed by atoms with Gasteiger partial charge in [0.25, 0.3) is 5.56 Å². The third-order valence-corrected chi connectivity index (χ3v) is 7.34. The van der Waals surface area contributed by atoms with Crippen LogP contribution in [0.25, 0.3) is 15.9 Å². The average Bonchev–Trinajstić information content (AvgIpc) is 3.18. The maximum absolute atomic E-state index is 13.6. The molecule has 5 nitrogen and oxygen atoms in total. The maximum Gasteiger partial charge on any atom is 0.337 e. The van der Waals surface area contributed by atoms with E-state index in [-0.39, 0.29) is 11.2 Å². The van der Waals surface area contributed by atoms with Crippen LogP contribution in [0.1, 0.15) is 34.4 Å². The Labute approximate surface area is 184 Å². The van der Waals surface area contributed by atoms with E-state index < -0.39 is 0 Å². The summed E-state index contributed by atoms with van der Waals surface area (Å²) >= 11 is 1.62. The molecule has 4 aromatic rings. The largest absolute Gasteiger partial charge is 0.497 e. The summed E-state index contributed by atoms with van der Waals surface area (Å²) in [4.78, 5) is 29.3. The van der Waals surface area contributed by atoms with Gasteiger partial charge < -0.3 is 4.74 Å². The van der Waals surface area contributed by atoms with Crippen LogP contribution in [0.3, 0.4) is 0 Å². The van der Waals surface area contributed by atoms with Crippen molar-refractivity contribution in [2.45, 2.75) is 39.2 Å². The number of aromatic nitrogens is 2. The molecule has 31 heavy (non-hydrogen) atoms. The van der Waals surface area contributed by atoms with E-state index >= 15 is 0 Å². The smallest absolute Gasteiger partial charge is 0.337 e. The summed E-state index contributed by atoms with van der Waals surface area (Å²) in [6.45, 7) is 2.48. The Hall–Kier alpha value is -3.12. The Bertz CT molecular complexity index is 1380. The SMILES string of the molecule is COc1ccc(-n2c(=O)c3c4c(sc3n(Cc3ccc(C)cc3)c2=O)CCCC4)cc1. The molecule has 0 N–H and O–H groups in total. The summed E-state index contributed by atoms with van der Waals surface area (Å²) in [6, 6.07) is 15.3. The van der Waals surface area contributed by atoms with Crippen LogP contribution >= 0.6 is 11.3 Å². The lowest BCUT2D eigenvalue weighted by Gasteiger charge is -2.14. The summed E-state index contributed by atoms with van der Waals surface area (Å²) < 4.78 is 8.33. The molecule has 1 aliphatic carbocycles. The molecule has 0 bridgehead atoms. The van der Waals surface area contributed by atoms with Gasteiger partial charge >= 0.3 is 5.69 Å². The van der Waals surface area contributed by atoms with Crippen molar-refractivity contribution >= 4 is 21.6 Å². The summed E-state index contributed by atoms with van der Waals surface area (Å²) in [5.41, 5.74) is 3.39. The van der Waals surface area contributed by atoms with Crippen LogP contribution in [-0.2, 0) is 19.4 Å². The molecule has 0 spiro atoms. The molecule has 0 saturated heterocycles. The third-order valence-electron chi connectivity index (χ3n) is 6.03. The van der Waals surface area contributed by atoms with Crippen molar-refractivity contribution in [1.82, 2.24) is 9.13 Å². The highest BCUT2D eigenvalue weighted by Gasteiger charge is 2.24. The van der Waals surface area contributed by atoms with Crippen LogP contribution in [0.15, 0.2) is 58.1 Å². The first-order chi connectivity index (χ1) is 15.1. The second-order valence-corrected chi connectivity index (χ2v) is 9.17. The Morgan fingerprint density at radius 3 is 2.39 bits per heavy atom. The summed E-state index contributed by atoms with van der Waals surface area (Å²) in [5, 5.41) is 0.710.